The molecule has 96 valence electrons. The molecule has 3 heteroatoms. The van der Waals surface area contributed by atoms with Crippen LogP contribution in [0.2, 0.25) is 5.02 Å². The van der Waals surface area contributed by atoms with E-state index in [0.29, 0.717) is 11.5 Å². The van der Waals surface area contributed by atoms with Gasteiger partial charge in [-0.1, -0.05) is 32.4 Å². The second kappa shape index (κ2) is 5.29. The number of hydrogen-bond acceptors (Lipinski definition) is 2. The molecule has 0 spiro atoms. The summed E-state index contributed by atoms with van der Waals surface area (Å²) in [6, 6.07) is 2.61. The fraction of sp³-hybridized carbons (Fsp3) is 0.714. The third-order valence-corrected chi connectivity index (χ3v) is 5.24. The van der Waals surface area contributed by atoms with E-state index in [9.17, 15) is 0 Å². The van der Waals surface area contributed by atoms with E-state index in [0.717, 1.165) is 23.9 Å². The molecule has 1 aromatic heterocycles. The summed E-state index contributed by atoms with van der Waals surface area (Å²) in [5, 5.41) is 6.73. The van der Waals surface area contributed by atoms with Gasteiger partial charge in [0.25, 0.3) is 0 Å². The smallest absolute Gasteiger partial charge is 0.0545 e. The van der Waals surface area contributed by atoms with E-state index in [1.165, 1.54) is 17.7 Å². The van der Waals surface area contributed by atoms with Crippen LogP contribution in [-0.2, 0) is 6.42 Å². The van der Waals surface area contributed by atoms with Gasteiger partial charge >= 0.3 is 0 Å². The van der Waals surface area contributed by atoms with Crippen LogP contribution in [0, 0.1) is 11.3 Å². The Balaban J connectivity index is 1.99. The lowest BCUT2D eigenvalue weighted by Crippen LogP contribution is -2.35. The first-order valence-corrected chi connectivity index (χ1v) is 7.75. The third-order valence-electron chi connectivity index (χ3n) is 3.83. The van der Waals surface area contributed by atoms with Crippen molar-refractivity contribution in [3.63, 3.8) is 0 Å². The molecule has 2 unspecified atom stereocenters. The molecular formula is C14H22ClNS. The van der Waals surface area contributed by atoms with Crippen molar-refractivity contribution in [1.29, 1.82) is 0 Å². The number of halogens is 1. The zero-order valence-electron chi connectivity index (χ0n) is 10.9. The van der Waals surface area contributed by atoms with Gasteiger partial charge in [-0.2, -0.15) is 0 Å². The molecule has 1 aliphatic rings. The van der Waals surface area contributed by atoms with Gasteiger partial charge in [-0.15, -0.1) is 11.3 Å². The van der Waals surface area contributed by atoms with Gasteiger partial charge in [0.1, 0.15) is 0 Å². The molecule has 0 saturated heterocycles. The van der Waals surface area contributed by atoms with Crippen LogP contribution in [0.3, 0.4) is 0 Å². The number of nitrogens with one attached hydrogen (secondary N) is 1. The van der Waals surface area contributed by atoms with Crippen molar-refractivity contribution in [3.8, 4) is 0 Å². The maximum absolute atomic E-state index is 6.20. The van der Waals surface area contributed by atoms with Gasteiger partial charge in [0.05, 0.1) is 5.02 Å². The average molecular weight is 272 g/mol. The predicted molar refractivity (Wildman–Crippen MR) is 77.0 cm³/mol. The first kappa shape index (κ1) is 13.4. The highest BCUT2D eigenvalue weighted by atomic mass is 35.5. The standard InChI is InChI=1S/C14H22ClNS/c1-4-6-16-12(10-9-14(10,2)3)8-13-11(15)5-7-17-13/h5,7,10,12,16H,4,6,8-9H2,1-3H3. The van der Waals surface area contributed by atoms with E-state index in [1.54, 1.807) is 11.3 Å². The SMILES string of the molecule is CCCNC(Cc1sccc1Cl)C1CC1(C)C. The van der Waals surface area contributed by atoms with E-state index in [2.05, 4.69) is 31.5 Å². The van der Waals surface area contributed by atoms with E-state index < -0.39 is 0 Å². The molecule has 17 heavy (non-hydrogen) atoms. The van der Waals surface area contributed by atoms with Crippen LogP contribution in [0.25, 0.3) is 0 Å². The van der Waals surface area contributed by atoms with Gasteiger partial charge < -0.3 is 5.32 Å². The highest BCUT2D eigenvalue weighted by Crippen LogP contribution is 2.54. The van der Waals surface area contributed by atoms with Crippen molar-refractivity contribution < 1.29 is 0 Å². The Morgan fingerprint density at radius 3 is 2.76 bits per heavy atom. The van der Waals surface area contributed by atoms with Crippen LogP contribution in [-0.4, -0.2) is 12.6 Å². The number of hydrogen-bond donors (Lipinski definition) is 1. The Labute approximate surface area is 114 Å². The monoisotopic (exact) mass is 271 g/mol. The molecule has 0 bridgehead atoms. The van der Waals surface area contributed by atoms with Gasteiger partial charge in [-0.3, -0.25) is 0 Å². The summed E-state index contributed by atoms with van der Waals surface area (Å²) in [6.45, 7) is 8.07. The van der Waals surface area contributed by atoms with Crippen LogP contribution >= 0.6 is 22.9 Å². The maximum Gasteiger partial charge on any atom is 0.0545 e. The lowest BCUT2D eigenvalue weighted by Gasteiger charge is -2.20. The molecule has 1 aromatic rings. The lowest BCUT2D eigenvalue weighted by molar-refractivity contribution is 0.404. The van der Waals surface area contributed by atoms with Crippen LogP contribution in [0.4, 0.5) is 0 Å². The largest absolute Gasteiger partial charge is 0.313 e. The summed E-state index contributed by atoms with van der Waals surface area (Å²) in [5.74, 6) is 0.812. The third kappa shape index (κ3) is 3.24. The van der Waals surface area contributed by atoms with Gasteiger partial charge in [0.15, 0.2) is 0 Å². The normalized spacial score (nSPS) is 23.6. The first-order valence-electron chi connectivity index (χ1n) is 6.50. The van der Waals surface area contributed by atoms with Crippen molar-refractivity contribution in [3.05, 3.63) is 21.3 Å². The summed E-state index contributed by atoms with van der Waals surface area (Å²) in [4.78, 5) is 1.34. The van der Waals surface area contributed by atoms with Crippen molar-refractivity contribution in [1.82, 2.24) is 5.32 Å². The Morgan fingerprint density at radius 1 is 1.59 bits per heavy atom. The van der Waals surface area contributed by atoms with Crippen molar-refractivity contribution in [2.75, 3.05) is 6.54 Å². The molecule has 2 atom stereocenters. The number of rotatable bonds is 6. The summed E-state index contributed by atoms with van der Waals surface area (Å²) in [5.41, 5.74) is 0.523. The number of thiophene rings is 1. The molecule has 0 amide bonds. The minimum absolute atomic E-state index is 0.523. The second-order valence-corrected chi connectivity index (χ2v) is 7.16. The van der Waals surface area contributed by atoms with Crippen LogP contribution in [0.15, 0.2) is 11.4 Å². The Bertz CT molecular complexity index is 372. The second-order valence-electron chi connectivity index (χ2n) is 5.76. The molecule has 2 rings (SSSR count). The molecule has 1 N–H and O–H groups in total. The predicted octanol–water partition coefficient (Wildman–Crippen LogP) is 4.36. The Morgan fingerprint density at radius 2 is 2.29 bits per heavy atom. The van der Waals surface area contributed by atoms with Gasteiger partial charge in [-0.25, -0.2) is 0 Å². The van der Waals surface area contributed by atoms with E-state index >= 15 is 0 Å². The fourth-order valence-corrected chi connectivity index (χ4v) is 3.72. The van der Waals surface area contributed by atoms with Crippen LogP contribution < -0.4 is 5.32 Å². The zero-order chi connectivity index (χ0) is 12.5. The quantitative estimate of drug-likeness (QED) is 0.811. The molecule has 0 radical (unpaired) electrons. The van der Waals surface area contributed by atoms with Crippen molar-refractivity contribution in [2.45, 2.75) is 46.1 Å². The van der Waals surface area contributed by atoms with Crippen LogP contribution in [0.1, 0.15) is 38.5 Å². The minimum Gasteiger partial charge on any atom is -0.313 e. The molecule has 1 nitrogen and oxygen atoms in total. The molecule has 1 fully saturated rings. The summed E-state index contributed by atoms with van der Waals surface area (Å²) in [6.07, 6.45) is 3.63. The summed E-state index contributed by atoms with van der Waals surface area (Å²) < 4.78 is 0. The lowest BCUT2D eigenvalue weighted by atomic mass is 10.0. The topological polar surface area (TPSA) is 12.0 Å². The maximum atomic E-state index is 6.20. The highest BCUT2D eigenvalue weighted by molar-refractivity contribution is 7.10. The average Bonchev–Trinajstić information content (AvgIpc) is 2.71. The summed E-state index contributed by atoms with van der Waals surface area (Å²) >= 11 is 7.98. The van der Waals surface area contributed by atoms with Crippen molar-refractivity contribution >= 4 is 22.9 Å². The van der Waals surface area contributed by atoms with E-state index in [-0.39, 0.29) is 0 Å². The van der Waals surface area contributed by atoms with Gasteiger partial charge in [0, 0.05) is 10.9 Å². The first-order chi connectivity index (χ1) is 8.04. The molecule has 1 heterocycles. The minimum atomic E-state index is 0.523. The molecule has 1 saturated carbocycles. The Kier molecular flexibility index (Phi) is 4.17. The molecule has 0 aromatic carbocycles. The molecule has 1 aliphatic carbocycles. The molecular weight excluding hydrogens is 250 g/mol. The van der Waals surface area contributed by atoms with Crippen LogP contribution in [0.5, 0.6) is 0 Å². The fourth-order valence-electron chi connectivity index (χ4n) is 2.55. The highest BCUT2D eigenvalue weighted by Gasteiger charge is 2.49. The van der Waals surface area contributed by atoms with Gasteiger partial charge in [0.2, 0.25) is 0 Å². The summed E-state index contributed by atoms with van der Waals surface area (Å²) in [7, 11) is 0. The van der Waals surface area contributed by atoms with Gasteiger partial charge in [-0.05, 0) is 48.6 Å². The van der Waals surface area contributed by atoms with E-state index in [1.807, 2.05) is 6.07 Å². The molecule has 0 aliphatic heterocycles. The van der Waals surface area contributed by atoms with Crippen molar-refractivity contribution in [2.24, 2.45) is 11.3 Å². The Hall–Kier alpha value is -0.0500. The van der Waals surface area contributed by atoms with E-state index in [4.69, 9.17) is 11.6 Å². The zero-order valence-corrected chi connectivity index (χ0v) is 12.5.